The van der Waals surface area contributed by atoms with Crippen LogP contribution in [0.15, 0.2) is 42.6 Å². The molecule has 1 saturated heterocycles. The molecule has 2 aromatic heterocycles. The second-order valence-corrected chi connectivity index (χ2v) is 6.43. The third-order valence-corrected chi connectivity index (χ3v) is 5.01. The van der Waals surface area contributed by atoms with Crippen LogP contribution in [0.25, 0.3) is 11.0 Å². The van der Waals surface area contributed by atoms with Crippen molar-refractivity contribution in [3.8, 4) is 0 Å². The maximum absolute atomic E-state index is 4.83. The zero-order chi connectivity index (χ0) is 16.5. The van der Waals surface area contributed by atoms with Gasteiger partial charge in [0, 0.05) is 26.3 Å². The molecule has 0 bridgehead atoms. The fraction of sp³-hybridized carbons (Fsp3) is 0.368. The monoisotopic (exact) mass is 321 g/mol. The standard InChI is InChI=1S/C19H23N5/c1-20-18-12-14(9-10-21-18)16-8-5-11-24(16)13-19-22-15-6-3-4-7-17(15)23(19)2/h3-4,6-7,9-10,12,16H,5,8,11,13H2,1-2H3,(H,20,21). The average Bonchev–Trinajstić information content (AvgIpc) is 3.21. The molecular weight excluding hydrogens is 298 g/mol. The van der Waals surface area contributed by atoms with Gasteiger partial charge in [-0.05, 0) is 49.2 Å². The Morgan fingerprint density at radius 2 is 2.12 bits per heavy atom. The lowest BCUT2D eigenvalue weighted by atomic mass is 10.1. The number of hydrogen-bond acceptors (Lipinski definition) is 4. The molecule has 4 rings (SSSR count). The van der Waals surface area contributed by atoms with E-state index in [0.29, 0.717) is 6.04 Å². The first-order valence-electron chi connectivity index (χ1n) is 8.54. The van der Waals surface area contributed by atoms with Crippen molar-refractivity contribution in [3.63, 3.8) is 0 Å². The van der Waals surface area contributed by atoms with Crippen LogP contribution in [0, 0.1) is 0 Å². The highest BCUT2D eigenvalue weighted by Gasteiger charge is 2.27. The van der Waals surface area contributed by atoms with E-state index < -0.39 is 0 Å². The number of anilines is 1. The Morgan fingerprint density at radius 3 is 2.96 bits per heavy atom. The number of imidazole rings is 1. The number of hydrogen-bond donors (Lipinski definition) is 1. The van der Waals surface area contributed by atoms with Gasteiger partial charge in [0.25, 0.3) is 0 Å². The SMILES string of the molecule is CNc1cc(C2CCCN2Cc2nc3ccccc3n2C)ccn1. The molecule has 3 heterocycles. The first-order chi connectivity index (χ1) is 11.8. The molecular formula is C19H23N5. The molecule has 5 heteroatoms. The summed E-state index contributed by atoms with van der Waals surface area (Å²) in [6.07, 6.45) is 4.32. The summed E-state index contributed by atoms with van der Waals surface area (Å²) in [5.74, 6) is 2.06. The maximum atomic E-state index is 4.83. The first-order valence-corrected chi connectivity index (χ1v) is 8.54. The van der Waals surface area contributed by atoms with Gasteiger partial charge < -0.3 is 9.88 Å². The molecule has 0 spiro atoms. The number of nitrogens with one attached hydrogen (secondary N) is 1. The van der Waals surface area contributed by atoms with E-state index >= 15 is 0 Å². The van der Waals surface area contributed by atoms with Crippen LogP contribution >= 0.6 is 0 Å². The third kappa shape index (κ3) is 2.65. The molecule has 0 amide bonds. The topological polar surface area (TPSA) is 46.0 Å². The summed E-state index contributed by atoms with van der Waals surface area (Å²) >= 11 is 0. The lowest BCUT2D eigenvalue weighted by Crippen LogP contribution is -2.24. The van der Waals surface area contributed by atoms with Crippen molar-refractivity contribution in [1.29, 1.82) is 0 Å². The molecule has 1 unspecified atom stereocenters. The Balaban J connectivity index is 1.61. The molecule has 24 heavy (non-hydrogen) atoms. The fourth-order valence-electron chi connectivity index (χ4n) is 3.70. The molecule has 1 fully saturated rings. The summed E-state index contributed by atoms with van der Waals surface area (Å²) in [4.78, 5) is 11.7. The number of benzene rings is 1. The summed E-state index contributed by atoms with van der Waals surface area (Å²) in [5.41, 5.74) is 3.61. The van der Waals surface area contributed by atoms with Crippen LogP contribution in [0.1, 0.15) is 30.3 Å². The van der Waals surface area contributed by atoms with Crippen LogP contribution in [-0.4, -0.2) is 33.0 Å². The van der Waals surface area contributed by atoms with Crippen LogP contribution in [0.5, 0.6) is 0 Å². The van der Waals surface area contributed by atoms with Crippen molar-refractivity contribution in [2.45, 2.75) is 25.4 Å². The first kappa shape index (κ1) is 15.1. The molecule has 5 nitrogen and oxygen atoms in total. The minimum Gasteiger partial charge on any atom is -0.373 e. The van der Waals surface area contributed by atoms with Gasteiger partial charge in [0.15, 0.2) is 0 Å². The van der Waals surface area contributed by atoms with Crippen molar-refractivity contribution in [1.82, 2.24) is 19.4 Å². The number of nitrogens with zero attached hydrogens (tertiary/aromatic N) is 4. The van der Waals surface area contributed by atoms with Gasteiger partial charge in [0.05, 0.1) is 17.6 Å². The zero-order valence-electron chi connectivity index (χ0n) is 14.2. The van der Waals surface area contributed by atoms with Crippen LogP contribution in [-0.2, 0) is 13.6 Å². The highest BCUT2D eigenvalue weighted by atomic mass is 15.2. The highest BCUT2D eigenvalue weighted by Crippen LogP contribution is 2.33. The van der Waals surface area contributed by atoms with Gasteiger partial charge in [0.1, 0.15) is 11.6 Å². The Bertz CT molecular complexity index is 854. The molecule has 1 atom stereocenters. The lowest BCUT2D eigenvalue weighted by Gasteiger charge is -2.24. The molecule has 3 aromatic rings. The summed E-state index contributed by atoms with van der Waals surface area (Å²) in [7, 11) is 4.03. The van der Waals surface area contributed by atoms with Crippen LogP contribution < -0.4 is 5.32 Å². The Morgan fingerprint density at radius 1 is 1.25 bits per heavy atom. The lowest BCUT2D eigenvalue weighted by molar-refractivity contribution is 0.240. The third-order valence-electron chi connectivity index (χ3n) is 5.01. The second kappa shape index (κ2) is 6.24. The number of aromatic nitrogens is 3. The molecule has 1 aliphatic rings. The molecule has 1 aliphatic heterocycles. The molecule has 1 N–H and O–H groups in total. The summed E-state index contributed by atoms with van der Waals surface area (Å²) in [6, 6.07) is 13.1. The van der Waals surface area contributed by atoms with Crippen molar-refractivity contribution in [2.24, 2.45) is 7.05 Å². The quantitative estimate of drug-likeness (QED) is 0.800. The van der Waals surface area contributed by atoms with Gasteiger partial charge in [-0.3, -0.25) is 4.90 Å². The van der Waals surface area contributed by atoms with Crippen molar-refractivity contribution < 1.29 is 0 Å². The van der Waals surface area contributed by atoms with E-state index in [1.165, 1.54) is 23.9 Å². The largest absolute Gasteiger partial charge is 0.373 e. The molecule has 0 aliphatic carbocycles. The summed E-state index contributed by atoms with van der Waals surface area (Å²) < 4.78 is 2.22. The maximum Gasteiger partial charge on any atom is 0.125 e. The van der Waals surface area contributed by atoms with E-state index in [2.05, 4.69) is 57.1 Å². The number of aryl methyl sites for hydroxylation is 1. The van der Waals surface area contributed by atoms with E-state index in [4.69, 9.17) is 4.98 Å². The summed E-state index contributed by atoms with van der Waals surface area (Å²) in [5, 5.41) is 3.14. The smallest absolute Gasteiger partial charge is 0.125 e. The predicted octanol–water partition coefficient (Wildman–Crippen LogP) is 3.35. The molecule has 124 valence electrons. The normalized spacial score (nSPS) is 18.3. The number of para-hydroxylation sites is 2. The van der Waals surface area contributed by atoms with Gasteiger partial charge in [0.2, 0.25) is 0 Å². The van der Waals surface area contributed by atoms with Gasteiger partial charge >= 0.3 is 0 Å². The van der Waals surface area contributed by atoms with Crippen LogP contribution in [0.2, 0.25) is 0 Å². The number of rotatable bonds is 4. The predicted molar refractivity (Wildman–Crippen MR) is 96.9 cm³/mol. The minimum atomic E-state index is 0.444. The Labute approximate surface area is 142 Å². The van der Waals surface area contributed by atoms with Crippen LogP contribution in [0.3, 0.4) is 0 Å². The van der Waals surface area contributed by atoms with E-state index in [9.17, 15) is 0 Å². The number of fused-ring (bicyclic) bond motifs is 1. The van der Waals surface area contributed by atoms with Crippen LogP contribution in [0.4, 0.5) is 5.82 Å². The van der Waals surface area contributed by atoms with E-state index in [-0.39, 0.29) is 0 Å². The summed E-state index contributed by atoms with van der Waals surface area (Å²) in [6.45, 7) is 2.00. The van der Waals surface area contributed by atoms with Gasteiger partial charge in [-0.2, -0.15) is 0 Å². The van der Waals surface area contributed by atoms with E-state index in [1.54, 1.807) is 0 Å². The average molecular weight is 321 g/mol. The molecule has 0 saturated carbocycles. The van der Waals surface area contributed by atoms with Gasteiger partial charge in [-0.25, -0.2) is 9.97 Å². The highest BCUT2D eigenvalue weighted by molar-refractivity contribution is 5.75. The molecule has 0 radical (unpaired) electrons. The second-order valence-electron chi connectivity index (χ2n) is 6.43. The Kier molecular flexibility index (Phi) is 3.94. The van der Waals surface area contributed by atoms with Crippen molar-refractivity contribution in [3.05, 3.63) is 54.0 Å². The van der Waals surface area contributed by atoms with E-state index in [0.717, 1.165) is 30.2 Å². The number of likely N-dealkylation sites (tertiary alicyclic amines) is 1. The van der Waals surface area contributed by atoms with E-state index in [1.807, 2.05) is 19.3 Å². The van der Waals surface area contributed by atoms with Crippen molar-refractivity contribution >= 4 is 16.9 Å². The number of pyridine rings is 1. The zero-order valence-corrected chi connectivity index (χ0v) is 14.2. The van der Waals surface area contributed by atoms with Crippen molar-refractivity contribution in [2.75, 3.05) is 18.9 Å². The van der Waals surface area contributed by atoms with Gasteiger partial charge in [-0.15, -0.1) is 0 Å². The fourth-order valence-corrected chi connectivity index (χ4v) is 3.70. The minimum absolute atomic E-state index is 0.444. The van der Waals surface area contributed by atoms with Gasteiger partial charge in [-0.1, -0.05) is 12.1 Å². The molecule has 1 aromatic carbocycles. The Hall–Kier alpha value is -2.40.